The molecular formula is C13H22ClNO. The monoisotopic (exact) mass is 243 g/mol. The van der Waals surface area contributed by atoms with Crippen molar-refractivity contribution >= 4 is 17.5 Å². The smallest absolute Gasteiger partial charge is 0.226 e. The van der Waals surface area contributed by atoms with Crippen molar-refractivity contribution in [2.45, 2.75) is 34.1 Å². The van der Waals surface area contributed by atoms with Crippen LogP contribution >= 0.6 is 11.6 Å². The Hall–Kier alpha value is -0.240. The summed E-state index contributed by atoms with van der Waals surface area (Å²) in [5.74, 6) is 1.74. The van der Waals surface area contributed by atoms with Crippen LogP contribution < -0.4 is 0 Å². The van der Waals surface area contributed by atoms with E-state index in [9.17, 15) is 4.79 Å². The number of rotatable bonds is 2. The highest BCUT2D eigenvalue weighted by molar-refractivity contribution is 6.18. The second kappa shape index (κ2) is 3.63. The van der Waals surface area contributed by atoms with Crippen LogP contribution in [0.15, 0.2) is 0 Å². The van der Waals surface area contributed by atoms with Crippen molar-refractivity contribution in [3.05, 3.63) is 0 Å². The fraction of sp³-hybridized carbons (Fsp3) is 0.923. The molecule has 1 atom stereocenters. The lowest BCUT2D eigenvalue weighted by atomic mass is 10.0. The fourth-order valence-electron chi connectivity index (χ4n) is 3.16. The molecule has 1 aliphatic heterocycles. The van der Waals surface area contributed by atoms with Crippen LogP contribution in [0, 0.1) is 22.7 Å². The molecule has 0 N–H and O–H groups in total. The molecule has 2 nitrogen and oxygen atoms in total. The maximum Gasteiger partial charge on any atom is 0.226 e. The van der Waals surface area contributed by atoms with Gasteiger partial charge in [0.25, 0.3) is 0 Å². The summed E-state index contributed by atoms with van der Waals surface area (Å²) >= 11 is 5.85. The Labute approximate surface area is 103 Å². The molecule has 1 saturated carbocycles. The van der Waals surface area contributed by atoms with E-state index in [1.807, 2.05) is 4.90 Å². The Balaban J connectivity index is 2.01. The van der Waals surface area contributed by atoms with Gasteiger partial charge in [-0.3, -0.25) is 4.79 Å². The molecule has 0 bridgehead atoms. The Morgan fingerprint density at radius 1 is 1.31 bits per heavy atom. The summed E-state index contributed by atoms with van der Waals surface area (Å²) in [4.78, 5) is 14.4. The lowest BCUT2D eigenvalue weighted by Crippen LogP contribution is -2.32. The highest BCUT2D eigenvalue weighted by atomic mass is 35.5. The van der Waals surface area contributed by atoms with Gasteiger partial charge in [-0.2, -0.15) is 0 Å². The van der Waals surface area contributed by atoms with Crippen molar-refractivity contribution < 1.29 is 4.79 Å². The van der Waals surface area contributed by atoms with Gasteiger partial charge >= 0.3 is 0 Å². The maximum atomic E-state index is 12.4. The lowest BCUT2D eigenvalue weighted by Gasteiger charge is -2.17. The molecule has 2 rings (SSSR count). The first-order valence-electron chi connectivity index (χ1n) is 6.17. The van der Waals surface area contributed by atoms with Gasteiger partial charge in [0.1, 0.15) is 0 Å². The highest BCUT2D eigenvalue weighted by Gasteiger charge is 2.68. The summed E-state index contributed by atoms with van der Waals surface area (Å²) in [6.45, 7) is 10.6. The molecule has 92 valence electrons. The Morgan fingerprint density at radius 2 is 1.88 bits per heavy atom. The van der Waals surface area contributed by atoms with Crippen molar-refractivity contribution in [3.8, 4) is 0 Å². The second-order valence-corrected chi connectivity index (χ2v) is 6.78. The standard InChI is InChI=1S/C13H22ClNO/c1-12(2)10(13(12,3)4)11(16)15-6-5-9(7-14)8-15/h9-10H,5-8H2,1-4H3. The number of carbonyl (C=O) groups excluding carboxylic acids is 1. The van der Waals surface area contributed by atoms with E-state index in [1.54, 1.807) is 0 Å². The van der Waals surface area contributed by atoms with Crippen LogP contribution in [0.25, 0.3) is 0 Å². The van der Waals surface area contributed by atoms with Gasteiger partial charge in [0, 0.05) is 24.9 Å². The summed E-state index contributed by atoms with van der Waals surface area (Å²) in [6.07, 6.45) is 1.07. The van der Waals surface area contributed by atoms with Crippen LogP contribution in [0.2, 0.25) is 0 Å². The van der Waals surface area contributed by atoms with Crippen molar-refractivity contribution in [2.24, 2.45) is 22.7 Å². The van der Waals surface area contributed by atoms with Crippen molar-refractivity contribution in [3.63, 3.8) is 0 Å². The average molecular weight is 244 g/mol. The molecule has 2 aliphatic rings. The van der Waals surface area contributed by atoms with Crippen molar-refractivity contribution in [1.29, 1.82) is 0 Å². The Morgan fingerprint density at radius 3 is 2.25 bits per heavy atom. The summed E-state index contributed by atoms with van der Waals surface area (Å²) in [7, 11) is 0. The molecular weight excluding hydrogens is 222 g/mol. The molecule has 1 amide bonds. The molecule has 1 aliphatic carbocycles. The van der Waals surface area contributed by atoms with Crippen LogP contribution in [0.3, 0.4) is 0 Å². The van der Waals surface area contributed by atoms with Crippen LogP contribution in [-0.2, 0) is 4.79 Å². The minimum atomic E-state index is 0.156. The molecule has 1 saturated heterocycles. The van der Waals surface area contributed by atoms with Crippen LogP contribution in [-0.4, -0.2) is 29.8 Å². The van der Waals surface area contributed by atoms with E-state index in [-0.39, 0.29) is 16.7 Å². The molecule has 0 aromatic heterocycles. The summed E-state index contributed by atoms with van der Waals surface area (Å²) < 4.78 is 0. The number of hydrogen-bond acceptors (Lipinski definition) is 1. The zero-order valence-corrected chi connectivity index (χ0v) is 11.5. The zero-order chi connectivity index (χ0) is 12.1. The molecule has 16 heavy (non-hydrogen) atoms. The van der Waals surface area contributed by atoms with E-state index in [0.29, 0.717) is 17.7 Å². The SMILES string of the molecule is CC1(C)C(C(=O)N2CCC(CCl)C2)C1(C)C. The van der Waals surface area contributed by atoms with Gasteiger partial charge in [-0.25, -0.2) is 0 Å². The minimum Gasteiger partial charge on any atom is -0.342 e. The third-order valence-corrected chi connectivity index (χ3v) is 5.52. The largest absolute Gasteiger partial charge is 0.342 e. The topological polar surface area (TPSA) is 20.3 Å². The van der Waals surface area contributed by atoms with E-state index in [4.69, 9.17) is 11.6 Å². The normalized spacial score (nSPS) is 31.8. The maximum absolute atomic E-state index is 12.4. The summed E-state index contributed by atoms with van der Waals surface area (Å²) in [5, 5.41) is 0. The van der Waals surface area contributed by atoms with Gasteiger partial charge in [0.05, 0.1) is 0 Å². The Kier molecular flexibility index (Phi) is 2.77. The quantitative estimate of drug-likeness (QED) is 0.683. The third-order valence-electron chi connectivity index (χ3n) is 5.08. The van der Waals surface area contributed by atoms with Crippen molar-refractivity contribution in [2.75, 3.05) is 19.0 Å². The Bertz CT molecular complexity index is 297. The zero-order valence-electron chi connectivity index (χ0n) is 10.7. The van der Waals surface area contributed by atoms with Gasteiger partial charge in [0.2, 0.25) is 5.91 Å². The van der Waals surface area contributed by atoms with E-state index in [2.05, 4.69) is 27.7 Å². The second-order valence-electron chi connectivity index (χ2n) is 6.47. The molecule has 1 heterocycles. The molecule has 0 aromatic carbocycles. The third kappa shape index (κ3) is 1.57. The molecule has 2 fully saturated rings. The highest BCUT2D eigenvalue weighted by Crippen LogP contribution is 2.68. The molecule has 0 radical (unpaired) electrons. The number of halogens is 1. The van der Waals surface area contributed by atoms with E-state index in [0.717, 1.165) is 19.5 Å². The molecule has 3 heteroatoms. The lowest BCUT2D eigenvalue weighted by molar-refractivity contribution is -0.132. The van der Waals surface area contributed by atoms with Gasteiger partial charge in [-0.1, -0.05) is 27.7 Å². The number of hydrogen-bond donors (Lipinski definition) is 0. The van der Waals surface area contributed by atoms with Crippen LogP contribution in [0.4, 0.5) is 0 Å². The van der Waals surface area contributed by atoms with Gasteiger partial charge in [-0.15, -0.1) is 11.6 Å². The number of likely N-dealkylation sites (tertiary alicyclic amines) is 1. The number of amides is 1. The molecule has 1 unspecified atom stereocenters. The first kappa shape index (κ1) is 12.2. The van der Waals surface area contributed by atoms with Gasteiger partial charge < -0.3 is 4.90 Å². The fourth-order valence-corrected chi connectivity index (χ4v) is 3.41. The summed E-state index contributed by atoms with van der Waals surface area (Å²) in [5.41, 5.74) is 0.312. The van der Waals surface area contributed by atoms with Crippen LogP contribution in [0.5, 0.6) is 0 Å². The average Bonchev–Trinajstić information content (AvgIpc) is 2.59. The number of alkyl halides is 1. The molecule has 0 spiro atoms. The number of nitrogens with zero attached hydrogens (tertiary/aromatic N) is 1. The predicted octanol–water partition coefficient (Wildman–Crippen LogP) is 2.76. The van der Waals surface area contributed by atoms with Gasteiger partial charge in [0.15, 0.2) is 0 Å². The van der Waals surface area contributed by atoms with E-state index >= 15 is 0 Å². The molecule has 0 aromatic rings. The first-order valence-corrected chi connectivity index (χ1v) is 6.70. The number of carbonyl (C=O) groups is 1. The first-order chi connectivity index (χ1) is 7.32. The van der Waals surface area contributed by atoms with Gasteiger partial charge in [-0.05, 0) is 23.2 Å². The predicted molar refractivity (Wildman–Crippen MR) is 66.5 cm³/mol. The van der Waals surface area contributed by atoms with Crippen molar-refractivity contribution in [1.82, 2.24) is 4.90 Å². The minimum absolute atomic E-state index is 0.156. The van der Waals surface area contributed by atoms with E-state index in [1.165, 1.54) is 0 Å². The van der Waals surface area contributed by atoms with E-state index < -0.39 is 0 Å². The van der Waals surface area contributed by atoms with Crippen LogP contribution in [0.1, 0.15) is 34.1 Å². The summed E-state index contributed by atoms with van der Waals surface area (Å²) in [6, 6.07) is 0.